The van der Waals surface area contributed by atoms with Gasteiger partial charge in [0, 0.05) is 13.1 Å². The van der Waals surface area contributed by atoms with Crippen molar-refractivity contribution in [1.82, 2.24) is 9.36 Å². The van der Waals surface area contributed by atoms with E-state index < -0.39 is 0 Å². The van der Waals surface area contributed by atoms with Gasteiger partial charge in [-0.2, -0.15) is 0 Å². The van der Waals surface area contributed by atoms with Crippen molar-refractivity contribution >= 4 is 23.5 Å². The van der Waals surface area contributed by atoms with Crippen LogP contribution in [0.15, 0.2) is 19.4 Å². The van der Waals surface area contributed by atoms with Gasteiger partial charge in [-0.15, -0.1) is 11.8 Å². The summed E-state index contributed by atoms with van der Waals surface area (Å²) < 4.78 is 2.86. The number of aliphatic hydroxyl groups is 1. The van der Waals surface area contributed by atoms with E-state index in [1.165, 1.54) is 21.1 Å². The molecule has 17 heavy (non-hydrogen) atoms. The first kappa shape index (κ1) is 14.4. The molecule has 0 radical (unpaired) electrons. The standard InChI is InChI=1S/C10H16N2O3S2/c1-4-11-9(14)7(16-3)8(17-6-13)10(15)12(11)5-2/h13H,4-6H2,1-3H3. The number of hydrogen-bond acceptors (Lipinski definition) is 5. The Hall–Kier alpha value is -0.660. The van der Waals surface area contributed by atoms with Gasteiger partial charge >= 0.3 is 0 Å². The summed E-state index contributed by atoms with van der Waals surface area (Å²) >= 11 is 2.25. The lowest BCUT2D eigenvalue weighted by molar-refractivity contribution is 0.374. The van der Waals surface area contributed by atoms with Gasteiger partial charge in [-0.05, 0) is 20.1 Å². The van der Waals surface area contributed by atoms with E-state index in [0.717, 1.165) is 11.8 Å². The molecule has 5 nitrogen and oxygen atoms in total. The lowest BCUT2D eigenvalue weighted by Crippen LogP contribution is -2.39. The van der Waals surface area contributed by atoms with Gasteiger partial charge in [0.1, 0.15) is 0 Å². The highest BCUT2D eigenvalue weighted by atomic mass is 32.2. The molecule has 1 heterocycles. The van der Waals surface area contributed by atoms with Crippen molar-refractivity contribution in [2.75, 3.05) is 12.2 Å². The van der Waals surface area contributed by atoms with Crippen LogP contribution in [0.1, 0.15) is 13.8 Å². The number of nitrogens with zero attached hydrogens (tertiary/aromatic N) is 2. The second-order valence-corrected chi connectivity index (χ2v) is 4.95. The Morgan fingerprint density at radius 2 is 1.53 bits per heavy atom. The minimum absolute atomic E-state index is 0.169. The van der Waals surface area contributed by atoms with Gasteiger partial charge in [-0.3, -0.25) is 9.59 Å². The average Bonchev–Trinajstić information content (AvgIpc) is 2.33. The maximum absolute atomic E-state index is 12.2. The second-order valence-electron chi connectivity index (χ2n) is 3.18. The zero-order valence-electron chi connectivity index (χ0n) is 10.1. The second kappa shape index (κ2) is 6.32. The van der Waals surface area contributed by atoms with Crippen molar-refractivity contribution in [1.29, 1.82) is 0 Å². The Bertz CT molecular complexity index is 507. The normalized spacial score (nSPS) is 10.8. The molecular formula is C10H16N2O3S2. The van der Waals surface area contributed by atoms with Crippen LogP contribution in [0.5, 0.6) is 0 Å². The lowest BCUT2D eigenvalue weighted by atomic mass is 10.5. The molecule has 0 spiro atoms. The smallest absolute Gasteiger partial charge is 0.280 e. The molecule has 0 bridgehead atoms. The summed E-state index contributed by atoms with van der Waals surface area (Å²) in [5.74, 6) is -0.206. The molecule has 0 aliphatic heterocycles. The first-order valence-corrected chi connectivity index (χ1v) is 7.48. The summed E-state index contributed by atoms with van der Waals surface area (Å²) in [4.78, 5) is 25.1. The molecule has 7 heteroatoms. The van der Waals surface area contributed by atoms with E-state index in [9.17, 15) is 9.59 Å². The summed E-state index contributed by atoms with van der Waals surface area (Å²) in [6.07, 6.45) is 1.76. The average molecular weight is 276 g/mol. The molecular weight excluding hydrogens is 260 g/mol. The molecule has 1 rings (SSSR count). The molecule has 96 valence electrons. The number of hydrogen-bond donors (Lipinski definition) is 1. The molecule has 0 amide bonds. The van der Waals surface area contributed by atoms with E-state index in [2.05, 4.69) is 0 Å². The monoisotopic (exact) mass is 276 g/mol. The van der Waals surface area contributed by atoms with Crippen LogP contribution in [-0.2, 0) is 13.1 Å². The fraction of sp³-hybridized carbons (Fsp3) is 0.600. The van der Waals surface area contributed by atoms with Crippen molar-refractivity contribution in [2.45, 2.75) is 36.7 Å². The van der Waals surface area contributed by atoms with Gasteiger partial charge in [0.2, 0.25) is 0 Å². The minimum atomic E-state index is -0.211. The predicted octanol–water partition coefficient (Wildman–Crippen LogP) is 0.814. The molecule has 0 saturated heterocycles. The number of rotatable bonds is 5. The van der Waals surface area contributed by atoms with Crippen LogP contribution in [0.3, 0.4) is 0 Å². The van der Waals surface area contributed by atoms with Crippen LogP contribution in [0, 0.1) is 0 Å². The van der Waals surface area contributed by atoms with Crippen LogP contribution in [0.2, 0.25) is 0 Å². The predicted molar refractivity (Wildman–Crippen MR) is 71.0 cm³/mol. The molecule has 0 aromatic carbocycles. The molecule has 0 saturated carbocycles. The van der Waals surface area contributed by atoms with E-state index >= 15 is 0 Å². The molecule has 0 aliphatic carbocycles. The van der Waals surface area contributed by atoms with E-state index in [4.69, 9.17) is 5.11 Å². The van der Waals surface area contributed by atoms with Crippen LogP contribution < -0.4 is 11.1 Å². The molecule has 0 atom stereocenters. The Balaban J connectivity index is 3.68. The Labute approximate surface area is 108 Å². The van der Waals surface area contributed by atoms with Crippen molar-refractivity contribution in [3.05, 3.63) is 20.7 Å². The first-order valence-electron chi connectivity index (χ1n) is 5.27. The SMILES string of the molecule is CCn1c(=O)c(SC)c(SCO)c(=O)n1CC. The molecule has 1 aromatic heterocycles. The van der Waals surface area contributed by atoms with E-state index in [1.807, 2.05) is 13.8 Å². The summed E-state index contributed by atoms with van der Waals surface area (Å²) in [5, 5.41) is 8.94. The van der Waals surface area contributed by atoms with Gasteiger partial charge in [0.05, 0.1) is 15.7 Å². The topological polar surface area (TPSA) is 64.2 Å². The van der Waals surface area contributed by atoms with Crippen LogP contribution >= 0.6 is 23.5 Å². The molecule has 1 aromatic rings. The van der Waals surface area contributed by atoms with Crippen LogP contribution in [0.4, 0.5) is 0 Å². The number of aliphatic hydroxyl groups excluding tert-OH is 1. The third-order valence-electron chi connectivity index (χ3n) is 2.37. The van der Waals surface area contributed by atoms with Gasteiger partial charge < -0.3 is 5.11 Å². The summed E-state index contributed by atoms with van der Waals surface area (Å²) in [5.41, 5.74) is -0.380. The largest absolute Gasteiger partial charge is 0.385 e. The quantitative estimate of drug-likeness (QED) is 0.637. The van der Waals surface area contributed by atoms with Gasteiger partial charge in [-0.25, -0.2) is 9.36 Å². The third kappa shape index (κ3) is 2.61. The van der Waals surface area contributed by atoms with E-state index in [0.29, 0.717) is 22.9 Å². The Kier molecular flexibility index (Phi) is 5.35. The maximum atomic E-state index is 12.2. The van der Waals surface area contributed by atoms with E-state index in [-0.39, 0.29) is 17.1 Å². The summed E-state index contributed by atoms with van der Waals surface area (Å²) in [6.45, 7) is 4.55. The van der Waals surface area contributed by atoms with Crippen molar-refractivity contribution in [3.8, 4) is 0 Å². The van der Waals surface area contributed by atoms with Crippen LogP contribution in [-0.4, -0.2) is 26.7 Å². The van der Waals surface area contributed by atoms with Crippen LogP contribution in [0.25, 0.3) is 0 Å². The maximum Gasteiger partial charge on any atom is 0.280 e. The van der Waals surface area contributed by atoms with Crippen molar-refractivity contribution in [3.63, 3.8) is 0 Å². The molecule has 0 aliphatic rings. The highest BCUT2D eigenvalue weighted by Gasteiger charge is 2.17. The minimum Gasteiger partial charge on any atom is -0.385 e. The molecule has 0 fully saturated rings. The molecule has 0 unspecified atom stereocenters. The zero-order valence-corrected chi connectivity index (χ0v) is 11.7. The van der Waals surface area contributed by atoms with Gasteiger partial charge in [-0.1, -0.05) is 11.8 Å². The zero-order chi connectivity index (χ0) is 13.0. The number of aromatic nitrogens is 2. The highest BCUT2D eigenvalue weighted by Crippen LogP contribution is 2.22. The number of thioether (sulfide) groups is 2. The lowest BCUT2D eigenvalue weighted by Gasteiger charge is -2.15. The van der Waals surface area contributed by atoms with Gasteiger partial charge in [0.15, 0.2) is 0 Å². The fourth-order valence-corrected chi connectivity index (χ4v) is 3.20. The third-order valence-corrected chi connectivity index (χ3v) is 4.08. The van der Waals surface area contributed by atoms with E-state index in [1.54, 1.807) is 6.26 Å². The Morgan fingerprint density at radius 3 is 1.88 bits per heavy atom. The summed E-state index contributed by atoms with van der Waals surface area (Å²) in [7, 11) is 0. The fourth-order valence-electron chi connectivity index (χ4n) is 1.65. The first-order chi connectivity index (χ1) is 8.12. The van der Waals surface area contributed by atoms with Gasteiger partial charge in [0.25, 0.3) is 11.1 Å². The van der Waals surface area contributed by atoms with Crippen molar-refractivity contribution in [2.24, 2.45) is 0 Å². The Morgan fingerprint density at radius 1 is 1.06 bits per heavy atom. The summed E-state index contributed by atoms with van der Waals surface area (Å²) in [6, 6.07) is 0. The molecule has 1 N–H and O–H groups in total. The van der Waals surface area contributed by atoms with Crippen molar-refractivity contribution < 1.29 is 5.11 Å². The highest BCUT2D eigenvalue weighted by molar-refractivity contribution is 8.01.